The van der Waals surface area contributed by atoms with E-state index in [4.69, 9.17) is 5.11 Å². The van der Waals surface area contributed by atoms with E-state index in [1.807, 2.05) is 6.92 Å². The summed E-state index contributed by atoms with van der Waals surface area (Å²) in [5.74, 6) is -1.35. The van der Waals surface area contributed by atoms with E-state index >= 15 is 0 Å². The Balaban J connectivity index is 2.46. The molecule has 2 amide bonds. The maximum absolute atomic E-state index is 12.8. The van der Waals surface area contributed by atoms with Gasteiger partial charge in [0.2, 0.25) is 0 Å². The molecule has 0 spiro atoms. The summed E-state index contributed by atoms with van der Waals surface area (Å²) in [6.45, 7) is 3.66. The lowest BCUT2D eigenvalue weighted by atomic mass is 10.1. The number of benzene rings is 1. The van der Waals surface area contributed by atoms with Crippen LogP contribution in [-0.4, -0.2) is 29.2 Å². The molecule has 3 N–H and O–H groups in total. The van der Waals surface area contributed by atoms with Crippen molar-refractivity contribution in [2.75, 3.05) is 0 Å². The van der Waals surface area contributed by atoms with Crippen molar-refractivity contribution in [2.45, 2.75) is 45.2 Å². The van der Waals surface area contributed by atoms with Crippen molar-refractivity contribution < 1.29 is 19.1 Å². The van der Waals surface area contributed by atoms with Crippen molar-refractivity contribution in [3.63, 3.8) is 0 Å². The molecule has 0 aromatic heterocycles. The molecule has 0 aliphatic carbocycles. The first-order chi connectivity index (χ1) is 9.92. The molecule has 0 saturated carbocycles. The molecule has 2 unspecified atom stereocenters. The van der Waals surface area contributed by atoms with E-state index in [1.165, 1.54) is 12.1 Å². The Labute approximate surface area is 123 Å². The van der Waals surface area contributed by atoms with Gasteiger partial charge < -0.3 is 15.7 Å². The molecule has 1 aromatic carbocycles. The van der Waals surface area contributed by atoms with Crippen LogP contribution in [0.1, 0.15) is 32.3 Å². The maximum atomic E-state index is 12.8. The summed E-state index contributed by atoms with van der Waals surface area (Å²) in [6.07, 6.45) is 1.59. The van der Waals surface area contributed by atoms with Crippen molar-refractivity contribution >= 4 is 12.0 Å². The smallest absolute Gasteiger partial charge is 0.326 e. The van der Waals surface area contributed by atoms with Gasteiger partial charge in [-0.2, -0.15) is 0 Å². The van der Waals surface area contributed by atoms with Gasteiger partial charge >= 0.3 is 12.0 Å². The van der Waals surface area contributed by atoms with Gasteiger partial charge in [0.1, 0.15) is 11.9 Å². The average molecular weight is 296 g/mol. The van der Waals surface area contributed by atoms with E-state index in [2.05, 4.69) is 10.6 Å². The van der Waals surface area contributed by atoms with Crippen molar-refractivity contribution in [3.05, 3.63) is 35.6 Å². The number of aliphatic carboxylic acids is 1. The Hall–Kier alpha value is -2.11. The number of carboxylic acids is 1. The molecule has 21 heavy (non-hydrogen) atoms. The molecule has 5 nitrogen and oxygen atoms in total. The fourth-order valence-corrected chi connectivity index (χ4v) is 1.99. The third kappa shape index (κ3) is 6.25. The number of halogens is 1. The van der Waals surface area contributed by atoms with Crippen LogP contribution in [0, 0.1) is 5.82 Å². The van der Waals surface area contributed by atoms with Crippen molar-refractivity contribution in [2.24, 2.45) is 0 Å². The first-order valence-corrected chi connectivity index (χ1v) is 6.96. The lowest BCUT2D eigenvalue weighted by molar-refractivity contribution is -0.139. The largest absolute Gasteiger partial charge is 0.480 e. The highest BCUT2D eigenvalue weighted by molar-refractivity contribution is 5.82. The van der Waals surface area contributed by atoms with E-state index in [-0.39, 0.29) is 11.9 Å². The summed E-state index contributed by atoms with van der Waals surface area (Å²) in [5.41, 5.74) is 0.896. The van der Waals surface area contributed by atoms with Crippen LogP contribution >= 0.6 is 0 Å². The minimum atomic E-state index is -1.04. The highest BCUT2D eigenvalue weighted by Crippen LogP contribution is 2.05. The molecule has 6 heteroatoms. The number of carbonyl (C=O) groups is 2. The first-order valence-electron chi connectivity index (χ1n) is 6.96. The highest BCUT2D eigenvalue weighted by atomic mass is 19.1. The van der Waals surface area contributed by atoms with Gasteiger partial charge in [-0.3, -0.25) is 0 Å². The topological polar surface area (TPSA) is 78.4 Å². The minimum Gasteiger partial charge on any atom is -0.480 e. The lowest BCUT2D eigenvalue weighted by Crippen LogP contribution is -2.48. The van der Waals surface area contributed by atoms with E-state index in [0.717, 1.165) is 5.56 Å². The molecule has 116 valence electrons. The normalized spacial score (nSPS) is 13.3. The predicted octanol–water partition coefficient (Wildman–Crippen LogP) is 2.31. The number of carbonyl (C=O) groups excluding carboxylic acids is 1. The molecule has 2 atom stereocenters. The van der Waals surface area contributed by atoms with Gasteiger partial charge in [0.25, 0.3) is 0 Å². The van der Waals surface area contributed by atoms with Gasteiger partial charge in [0, 0.05) is 6.04 Å². The Kier molecular flexibility index (Phi) is 6.65. The van der Waals surface area contributed by atoms with Crippen LogP contribution in [0.5, 0.6) is 0 Å². The Bertz CT molecular complexity index is 476. The van der Waals surface area contributed by atoms with Crippen LogP contribution in [-0.2, 0) is 11.2 Å². The molecular weight excluding hydrogens is 275 g/mol. The van der Waals surface area contributed by atoms with E-state index in [9.17, 15) is 14.0 Å². The maximum Gasteiger partial charge on any atom is 0.326 e. The van der Waals surface area contributed by atoms with Gasteiger partial charge in [0.15, 0.2) is 0 Å². The number of amides is 2. The first kappa shape index (κ1) is 16.9. The number of carboxylic acid groups (broad SMARTS) is 1. The number of nitrogens with one attached hydrogen (secondary N) is 2. The summed E-state index contributed by atoms with van der Waals surface area (Å²) >= 11 is 0. The quantitative estimate of drug-likeness (QED) is 0.722. The van der Waals surface area contributed by atoms with E-state index in [0.29, 0.717) is 19.3 Å². The zero-order valence-electron chi connectivity index (χ0n) is 12.2. The number of hydrogen-bond donors (Lipinski definition) is 3. The summed E-state index contributed by atoms with van der Waals surface area (Å²) in [4.78, 5) is 22.7. The molecule has 0 radical (unpaired) electrons. The van der Waals surface area contributed by atoms with Gasteiger partial charge in [0.05, 0.1) is 0 Å². The van der Waals surface area contributed by atoms with Crippen LogP contribution in [0.25, 0.3) is 0 Å². The molecular formula is C15H21FN2O3. The lowest BCUT2D eigenvalue weighted by Gasteiger charge is -2.18. The molecule has 0 bridgehead atoms. The van der Waals surface area contributed by atoms with E-state index in [1.54, 1.807) is 19.1 Å². The second-order valence-electron chi connectivity index (χ2n) is 5.03. The summed E-state index contributed by atoms with van der Waals surface area (Å²) in [6, 6.07) is 4.46. The molecule has 0 aliphatic heterocycles. The summed E-state index contributed by atoms with van der Waals surface area (Å²) < 4.78 is 12.8. The van der Waals surface area contributed by atoms with Crippen LogP contribution in [0.3, 0.4) is 0 Å². The van der Waals surface area contributed by atoms with Gasteiger partial charge in [-0.1, -0.05) is 25.5 Å². The SMILES string of the molecule is CCCC(NC(=O)NC(C)Cc1ccc(F)cc1)C(=O)O. The fraction of sp³-hybridized carbons (Fsp3) is 0.467. The monoisotopic (exact) mass is 296 g/mol. The fourth-order valence-electron chi connectivity index (χ4n) is 1.99. The third-order valence-corrected chi connectivity index (χ3v) is 3.01. The molecule has 0 saturated heterocycles. The zero-order chi connectivity index (χ0) is 15.8. The highest BCUT2D eigenvalue weighted by Gasteiger charge is 2.19. The molecule has 1 aromatic rings. The van der Waals surface area contributed by atoms with Crippen LogP contribution < -0.4 is 10.6 Å². The Morgan fingerprint density at radius 1 is 1.24 bits per heavy atom. The minimum absolute atomic E-state index is 0.188. The second-order valence-corrected chi connectivity index (χ2v) is 5.03. The van der Waals surface area contributed by atoms with Crippen molar-refractivity contribution in [3.8, 4) is 0 Å². The summed E-state index contributed by atoms with van der Waals surface area (Å²) in [5, 5.41) is 14.1. The molecule has 0 heterocycles. The Morgan fingerprint density at radius 3 is 2.38 bits per heavy atom. The van der Waals surface area contributed by atoms with Crippen LogP contribution in [0.4, 0.5) is 9.18 Å². The van der Waals surface area contributed by atoms with Crippen LogP contribution in [0.2, 0.25) is 0 Å². The van der Waals surface area contributed by atoms with Crippen LogP contribution in [0.15, 0.2) is 24.3 Å². The predicted molar refractivity (Wildman–Crippen MR) is 77.6 cm³/mol. The third-order valence-electron chi connectivity index (χ3n) is 3.01. The molecule has 1 rings (SSSR count). The van der Waals surface area contributed by atoms with Gasteiger partial charge in [-0.05, 0) is 37.5 Å². The van der Waals surface area contributed by atoms with Gasteiger partial charge in [-0.25, -0.2) is 14.0 Å². The van der Waals surface area contributed by atoms with Crippen molar-refractivity contribution in [1.82, 2.24) is 10.6 Å². The number of hydrogen-bond acceptors (Lipinski definition) is 2. The number of urea groups is 1. The zero-order valence-corrected chi connectivity index (χ0v) is 12.2. The average Bonchev–Trinajstić information content (AvgIpc) is 2.40. The Morgan fingerprint density at radius 2 is 1.86 bits per heavy atom. The summed E-state index contributed by atoms with van der Waals surface area (Å²) in [7, 11) is 0. The molecule has 0 aliphatic rings. The van der Waals surface area contributed by atoms with E-state index < -0.39 is 18.0 Å². The number of rotatable bonds is 7. The van der Waals surface area contributed by atoms with Crippen molar-refractivity contribution in [1.29, 1.82) is 0 Å². The standard InChI is InChI=1S/C15H21FN2O3/c1-3-4-13(14(19)20)18-15(21)17-10(2)9-11-5-7-12(16)8-6-11/h5-8,10,13H,3-4,9H2,1-2H3,(H,19,20)(H2,17,18,21). The second kappa shape index (κ2) is 8.24. The van der Waals surface area contributed by atoms with Gasteiger partial charge in [-0.15, -0.1) is 0 Å². The molecule has 0 fully saturated rings.